The summed E-state index contributed by atoms with van der Waals surface area (Å²) in [5, 5.41) is 14.0. The molecule has 11 heteroatoms. The number of nitrogens with zero attached hydrogens (tertiary/aromatic N) is 4. The lowest BCUT2D eigenvalue weighted by Gasteiger charge is -2.55. The SMILES string of the molecule is COc1ccc(N2C(=O)NC(=O)C3(Cc4cc([N+](=O)[O-])ccc4N4CCN(Cc5ccccc5)CC43)C2=O)cc1. The van der Waals surface area contributed by atoms with Gasteiger partial charge in [0.25, 0.3) is 11.6 Å². The van der Waals surface area contributed by atoms with Crippen LogP contribution in [0, 0.1) is 15.5 Å². The lowest BCUT2D eigenvalue weighted by atomic mass is 9.67. The zero-order valence-electron chi connectivity index (χ0n) is 21.8. The first-order valence-electron chi connectivity index (χ1n) is 13.0. The van der Waals surface area contributed by atoms with Crippen LogP contribution in [-0.2, 0) is 22.6 Å². The molecule has 0 aliphatic carbocycles. The highest BCUT2D eigenvalue weighted by molar-refractivity contribution is 6.30. The zero-order chi connectivity index (χ0) is 28.0. The van der Waals surface area contributed by atoms with E-state index < -0.39 is 34.2 Å². The summed E-state index contributed by atoms with van der Waals surface area (Å²) in [7, 11) is 1.51. The van der Waals surface area contributed by atoms with E-state index >= 15 is 0 Å². The number of nitro benzene ring substituents is 1. The molecule has 2 unspecified atom stereocenters. The second-order valence-corrected chi connectivity index (χ2v) is 10.2. The van der Waals surface area contributed by atoms with E-state index in [-0.39, 0.29) is 12.1 Å². The number of benzene rings is 3. The highest BCUT2D eigenvalue weighted by Gasteiger charge is 2.63. The number of carbonyl (C=O) groups excluding carboxylic acids is 3. The van der Waals surface area contributed by atoms with Crippen molar-refractivity contribution in [2.24, 2.45) is 5.41 Å². The molecule has 3 heterocycles. The molecular weight excluding hydrogens is 514 g/mol. The van der Waals surface area contributed by atoms with Crippen molar-refractivity contribution in [2.75, 3.05) is 36.5 Å². The summed E-state index contributed by atoms with van der Waals surface area (Å²) in [4.78, 5) is 57.7. The zero-order valence-corrected chi connectivity index (χ0v) is 21.8. The molecule has 1 spiro atoms. The number of anilines is 2. The Labute approximate surface area is 230 Å². The van der Waals surface area contributed by atoms with Crippen molar-refractivity contribution >= 4 is 34.9 Å². The van der Waals surface area contributed by atoms with Gasteiger partial charge in [-0.15, -0.1) is 0 Å². The van der Waals surface area contributed by atoms with Gasteiger partial charge in [-0.1, -0.05) is 30.3 Å². The van der Waals surface area contributed by atoms with Crippen LogP contribution in [0.2, 0.25) is 0 Å². The fourth-order valence-electron chi connectivity index (χ4n) is 6.13. The molecule has 204 valence electrons. The van der Waals surface area contributed by atoms with Gasteiger partial charge in [0.05, 0.1) is 23.8 Å². The van der Waals surface area contributed by atoms with Crippen LogP contribution in [0.5, 0.6) is 5.75 Å². The first-order valence-corrected chi connectivity index (χ1v) is 13.0. The van der Waals surface area contributed by atoms with Gasteiger partial charge in [0.1, 0.15) is 5.75 Å². The van der Waals surface area contributed by atoms with Gasteiger partial charge in [-0.05, 0) is 41.5 Å². The Morgan fingerprint density at radius 1 is 1.02 bits per heavy atom. The third kappa shape index (κ3) is 4.06. The van der Waals surface area contributed by atoms with Gasteiger partial charge in [0.2, 0.25) is 5.91 Å². The van der Waals surface area contributed by atoms with Crippen molar-refractivity contribution in [2.45, 2.75) is 19.0 Å². The number of fused-ring (bicyclic) bond motifs is 4. The van der Waals surface area contributed by atoms with E-state index in [0.29, 0.717) is 43.2 Å². The smallest absolute Gasteiger partial charge is 0.335 e. The number of ether oxygens (including phenoxy) is 1. The molecule has 2 saturated heterocycles. The Kier molecular flexibility index (Phi) is 6.22. The first-order chi connectivity index (χ1) is 19.3. The van der Waals surface area contributed by atoms with Gasteiger partial charge in [0, 0.05) is 50.4 Å². The Balaban J connectivity index is 1.45. The minimum Gasteiger partial charge on any atom is -0.497 e. The van der Waals surface area contributed by atoms with Crippen LogP contribution in [0.25, 0.3) is 0 Å². The number of nitro groups is 1. The number of methoxy groups -OCH3 is 1. The molecule has 0 aromatic heterocycles. The van der Waals surface area contributed by atoms with Gasteiger partial charge < -0.3 is 9.64 Å². The summed E-state index contributed by atoms with van der Waals surface area (Å²) in [6.45, 7) is 2.18. The predicted octanol–water partition coefficient (Wildman–Crippen LogP) is 3.12. The molecule has 0 radical (unpaired) electrons. The molecule has 0 saturated carbocycles. The third-order valence-corrected chi connectivity index (χ3v) is 8.08. The molecule has 2 fully saturated rings. The summed E-state index contributed by atoms with van der Waals surface area (Å²) in [5.74, 6) is -0.797. The number of carbonyl (C=O) groups is 3. The molecule has 6 rings (SSSR count). The van der Waals surface area contributed by atoms with Crippen molar-refractivity contribution in [1.82, 2.24) is 10.2 Å². The third-order valence-electron chi connectivity index (χ3n) is 8.08. The minimum atomic E-state index is -1.69. The van der Waals surface area contributed by atoms with Crippen LogP contribution >= 0.6 is 0 Å². The molecule has 1 N–H and O–H groups in total. The Bertz CT molecular complexity index is 1510. The highest BCUT2D eigenvalue weighted by atomic mass is 16.6. The van der Waals surface area contributed by atoms with Crippen molar-refractivity contribution in [3.8, 4) is 5.75 Å². The number of amides is 4. The van der Waals surface area contributed by atoms with E-state index in [9.17, 15) is 24.5 Å². The molecular formula is C29H27N5O6. The van der Waals surface area contributed by atoms with Crippen LogP contribution < -0.4 is 19.9 Å². The number of piperazine rings is 1. The van der Waals surface area contributed by atoms with Crippen LogP contribution in [-0.4, -0.2) is 60.5 Å². The van der Waals surface area contributed by atoms with Gasteiger partial charge in [-0.25, -0.2) is 9.69 Å². The van der Waals surface area contributed by atoms with Crippen molar-refractivity contribution in [1.29, 1.82) is 0 Å². The maximum atomic E-state index is 14.5. The number of urea groups is 1. The summed E-state index contributed by atoms with van der Waals surface area (Å²) in [6.07, 6.45) is -0.0744. The number of nitrogens with one attached hydrogen (secondary N) is 1. The standard InChI is InChI=1S/C29H27N5O6/c1-40-23-10-7-21(8-11-23)33-27(36)29(26(35)30-28(33)37)16-20-15-22(34(38)39)9-12-24(20)32-14-13-31(18-25(29)32)17-19-5-3-2-4-6-19/h2-12,15,25H,13-14,16-18H2,1H3,(H,30,35,37). The quantitative estimate of drug-likeness (QED) is 0.297. The summed E-state index contributed by atoms with van der Waals surface area (Å²) < 4.78 is 5.21. The summed E-state index contributed by atoms with van der Waals surface area (Å²) in [6, 6.07) is 19.5. The predicted molar refractivity (Wildman–Crippen MR) is 146 cm³/mol. The van der Waals surface area contributed by atoms with E-state index in [2.05, 4.69) is 10.2 Å². The maximum Gasteiger partial charge on any atom is 0.335 e. The molecule has 3 aromatic rings. The largest absolute Gasteiger partial charge is 0.497 e. The average molecular weight is 542 g/mol. The molecule has 0 bridgehead atoms. The van der Waals surface area contributed by atoms with E-state index in [0.717, 1.165) is 16.2 Å². The Hall–Kier alpha value is -4.77. The molecule has 3 aromatic carbocycles. The second-order valence-electron chi connectivity index (χ2n) is 10.2. The molecule has 40 heavy (non-hydrogen) atoms. The number of hydrogen-bond donors (Lipinski definition) is 1. The van der Waals surface area contributed by atoms with Crippen molar-refractivity contribution in [3.05, 3.63) is 94.0 Å². The minimum absolute atomic E-state index is 0.0744. The van der Waals surface area contributed by atoms with Crippen LogP contribution in [0.15, 0.2) is 72.8 Å². The first kappa shape index (κ1) is 25.5. The molecule has 2 atom stereocenters. The number of non-ortho nitro benzene ring substituents is 1. The Morgan fingerprint density at radius 3 is 2.48 bits per heavy atom. The van der Waals surface area contributed by atoms with Gasteiger partial charge in [-0.3, -0.25) is 29.9 Å². The fraction of sp³-hybridized carbons (Fsp3) is 0.276. The van der Waals surface area contributed by atoms with Crippen LogP contribution in [0.3, 0.4) is 0 Å². The normalized spacial score (nSPS) is 22.5. The van der Waals surface area contributed by atoms with Gasteiger partial charge in [-0.2, -0.15) is 0 Å². The van der Waals surface area contributed by atoms with Gasteiger partial charge in [0.15, 0.2) is 5.41 Å². The molecule has 3 aliphatic heterocycles. The summed E-state index contributed by atoms with van der Waals surface area (Å²) in [5.41, 5.74) is 0.867. The molecule has 11 nitrogen and oxygen atoms in total. The summed E-state index contributed by atoms with van der Waals surface area (Å²) >= 11 is 0. The highest BCUT2D eigenvalue weighted by Crippen LogP contribution is 2.47. The van der Waals surface area contributed by atoms with E-state index in [1.807, 2.05) is 35.2 Å². The van der Waals surface area contributed by atoms with Crippen LogP contribution in [0.1, 0.15) is 11.1 Å². The lowest BCUT2D eigenvalue weighted by molar-refractivity contribution is -0.384. The number of barbiturate groups is 1. The van der Waals surface area contributed by atoms with E-state index in [4.69, 9.17) is 4.74 Å². The fourth-order valence-corrected chi connectivity index (χ4v) is 6.13. The number of imide groups is 2. The number of hydrogen-bond acceptors (Lipinski definition) is 8. The van der Waals surface area contributed by atoms with Gasteiger partial charge >= 0.3 is 6.03 Å². The van der Waals surface area contributed by atoms with E-state index in [1.165, 1.54) is 19.2 Å². The van der Waals surface area contributed by atoms with Crippen LogP contribution in [0.4, 0.5) is 21.9 Å². The average Bonchev–Trinajstić information content (AvgIpc) is 2.96. The van der Waals surface area contributed by atoms with Crippen molar-refractivity contribution < 1.29 is 24.0 Å². The maximum absolute atomic E-state index is 14.5. The second kappa shape index (κ2) is 9.76. The Morgan fingerprint density at radius 2 is 1.77 bits per heavy atom. The number of rotatable bonds is 5. The molecule has 4 amide bonds. The monoisotopic (exact) mass is 541 g/mol. The molecule has 3 aliphatic rings. The lowest BCUT2D eigenvalue weighted by Crippen LogP contribution is -2.75. The van der Waals surface area contributed by atoms with Crippen molar-refractivity contribution in [3.63, 3.8) is 0 Å². The topological polar surface area (TPSA) is 125 Å². The van der Waals surface area contributed by atoms with E-state index in [1.54, 1.807) is 30.3 Å².